The molecule has 1 atom stereocenters. The van der Waals surface area contributed by atoms with Gasteiger partial charge in [-0.25, -0.2) is 0 Å². The Kier molecular flexibility index (Phi) is 3.39. The Morgan fingerprint density at radius 3 is 2.30 bits per heavy atom. The van der Waals surface area contributed by atoms with Gasteiger partial charge in [0.25, 0.3) is 0 Å². The highest BCUT2D eigenvalue weighted by Crippen LogP contribution is 2.42. The van der Waals surface area contributed by atoms with Crippen LogP contribution in [0.5, 0.6) is 5.75 Å². The molecule has 0 aliphatic heterocycles. The van der Waals surface area contributed by atoms with E-state index in [1.807, 2.05) is 30.1 Å². The van der Waals surface area contributed by atoms with Crippen LogP contribution in [0.2, 0.25) is 0 Å². The molecule has 1 saturated carbocycles. The van der Waals surface area contributed by atoms with Crippen molar-refractivity contribution in [3.8, 4) is 5.75 Å². The van der Waals surface area contributed by atoms with Crippen molar-refractivity contribution in [3.05, 3.63) is 54.1 Å². The summed E-state index contributed by atoms with van der Waals surface area (Å²) in [6.45, 7) is 2.32. The lowest BCUT2D eigenvalue weighted by Crippen LogP contribution is -2.09. The summed E-state index contributed by atoms with van der Waals surface area (Å²) in [5.74, 6) is 1.86. The molecule has 1 aliphatic carbocycles. The van der Waals surface area contributed by atoms with Crippen LogP contribution in [0.1, 0.15) is 31.2 Å². The number of hydrogen-bond donors (Lipinski definition) is 1. The zero-order valence-electron chi connectivity index (χ0n) is 12.1. The fourth-order valence-electron chi connectivity index (χ4n) is 2.76. The molecule has 0 radical (unpaired) electrons. The Morgan fingerprint density at radius 1 is 1.05 bits per heavy atom. The van der Waals surface area contributed by atoms with Gasteiger partial charge in [0.2, 0.25) is 0 Å². The van der Waals surface area contributed by atoms with Crippen LogP contribution in [-0.2, 0) is 0 Å². The maximum Gasteiger partial charge on any atom is 0.139 e. The molecule has 104 valence electrons. The van der Waals surface area contributed by atoms with Gasteiger partial charge in [-0.15, -0.1) is 0 Å². The molecular formula is C18H21NO. The average Bonchev–Trinajstić information content (AvgIpc) is 3.31. The number of phenols is 1. The predicted octanol–water partition coefficient (Wildman–Crippen LogP) is 4.67. The fourth-order valence-corrected chi connectivity index (χ4v) is 2.76. The number of rotatable bonds is 4. The smallest absolute Gasteiger partial charge is 0.139 e. The van der Waals surface area contributed by atoms with E-state index in [9.17, 15) is 5.11 Å². The van der Waals surface area contributed by atoms with Gasteiger partial charge < -0.3 is 10.0 Å². The van der Waals surface area contributed by atoms with Crippen LogP contribution in [-0.4, -0.2) is 12.2 Å². The average molecular weight is 267 g/mol. The second-order valence-electron chi connectivity index (χ2n) is 5.77. The van der Waals surface area contributed by atoms with E-state index in [-0.39, 0.29) is 0 Å². The predicted molar refractivity (Wildman–Crippen MR) is 83.8 cm³/mol. The summed E-state index contributed by atoms with van der Waals surface area (Å²) in [6, 6.07) is 16.1. The van der Waals surface area contributed by atoms with Gasteiger partial charge in [-0.1, -0.05) is 31.2 Å². The highest BCUT2D eigenvalue weighted by atomic mass is 16.3. The molecule has 3 rings (SSSR count). The largest absolute Gasteiger partial charge is 0.506 e. The minimum atomic E-state index is 0.311. The van der Waals surface area contributed by atoms with Crippen LogP contribution in [0.4, 0.5) is 11.4 Å². The Hall–Kier alpha value is -1.96. The molecular weight excluding hydrogens is 246 g/mol. The summed E-state index contributed by atoms with van der Waals surface area (Å²) < 4.78 is 0. The minimum Gasteiger partial charge on any atom is -0.506 e. The Morgan fingerprint density at radius 2 is 1.70 bits per heavy atom. The van der Waals surface area contributed by atoms with Crippen molar-refractivity contribution in [3.63, 3.8) is 0 Å². The maximum atomic E-state index is 9.92. The minimum absolute atomic E-state index is 0.311. The molecule has 1 fully saturated rings. The summed E-state index contributed by atoms with van der Waals surface area (Å²) in [5.41, 5.74) is 3.34. The van der Waals surface area contributed by atoms with Gasteiger partial charge in [-0.3, -0.25) is 0 Å². The number of phenolic OH excluding ortho intramolecular Hbond substituents is 1. The van der Waals surface area contributed by atoms with Crippen LogP contribution in [0, 0.1) is 5.92 Å². The Bertz CT molecular complexity index is 587. The molecule has 20 heavy (non-hydrogen) atoms. The second-order valence-corrected chi connectivity index (χ2v) is 5.77. The van der Waals surface area contributed by atoms with Crippen LogP contribution in [0.25, 0.3) is 0 Å². The van der Waals surface area contributed by atoms with Crippen LogP contribution in [0.15, 0.2) is 48.5 Å². The van der Waals surface area contributed by atoms with E-state index < -0.39 is 0 Å². The van der Waals surface area contributed by atoms with Gasteiger partial charge in [0, 0.05) is 12.7 Å². The number of hydrogen-bond acceptors (Lipinski definition) is 2. The highest BCUT2D eigenvalue weighted by molar-refractivity contribution is 5.68. The Balaban J connectivity index is 1.82. The summed E-state index contributed by atoms with van der Waals surface area (Å²) in [4.78, 5) is 2.01. The molecule has 1 N–H and O–H groups in total. The third kappa shape index (κ3) is 2.51. The topological polar surface area (TPSA) is 23.5 Å². The van der Waals surface area contributed by atoms with E-state index in [1.165, 1.54) is 18.4 Å². The fraction of sp³-hybridized carbons (Fsp3) is 0.333. The zero-order chi connectivity index (χ0) is 14.1. The Labute approximate surface area is 120 Å². The van der Waals surface area contributed by atoms with Crippen molar-refractivity contribution in [2.45, 2.75) is 25.7 Å². The first-order valence-electron chi connectivity index (χ1n) is 7.28. The molecule has 0 spiro atoms. The van der Waals surface area contributed by atoms with E-state index in [1.54, 1.807) is 6.07 Å². The first-order chi connectivity index (χ1) is 9.66. The monoisotopic (exact) mass is 267 g/mol. The van der Waals surface area contributed by atoms with Gasteiger partial charge in [0.05, 0.1) is 5.69 Å². The molecule has 0 saturated heterocycles. The van der Waals surface area contributed by atoms with E-state index in [4.69, 9.17) is 0 Å². The standard InChI is InChI=1S/C18H21NO/c1-13(14-7-8-14)15-9-11-16(12-10-15)19(2)17-5-3-4-6-18(17)20/h3-6,9-14,20H,7-8H2,1-2H3. The molecule has 2 nitrogen and oxygen atoms in total. The third-order valence-corrected chi connectivity index (χ3v) is 4.38. The van der Waals surface area contributed by atoms with Gasteiger partial charge in [-0.05, 0) is 54.5 Å². The normalized spacial score (nSPS) is 15.9. The molecule has 1 unspecified atom stereocenters. The van der Waals surface area contributed by atoms with E-state index in [2.05, 4.69) is 31.2 Å². The quantitative estimate of drug-likeness (QED) is 0.870. The summed E-state index contributed by atoms with van der Waals surface area (Å²) in [6.07, 6.45) is 2.75. The second kappa shape index (κ2) is 5.20. The molecule has 0 heterocycles. The first-order valence-corrected chi connectivity index (χ1v) is 7.28. The number of para-hydroxylation sites is 2. The molecule has 0 aromatic heterocycles. The number of anilines is 2. The van der Waals surface area contributed by atoms with Crippen molar-refractivity contribution in [1.29, 1.82) is 0 Å². The van der Waals surface area contributed by atoms with Crippen LogP contribution >= 0.6 is 0 Å². The molecule has 2 heteroatoms. The summed E-state index contributed by atoms with van der Waals surface area (Å²) in [5, 5.41) is 9.92. The maximum absolute atomic E-state index is 9.92. The number of benzene rings is 2. The SMILES string of the molecule is CC(c1ccc(N(C)c2ccccc2O)cc1)C1CC1. The van der Waals surface area contributed by atoms with E-state index in [0.717, 1.165) is 17.3 Å². The summed E-state index contributed by atoms with van der Waals surface area (Å²) >= 11 is 0. The molecule has 2 aromatic rings. The lowest BCUT2D eigenvalue weighted by Gasteiger charge is -2.21. The molecule has 2 aromatic carbocycles. The van der Waals surface area contributed by atoms with Crippen molar-refractivity contribution in [2.75, 3.05) is 11.9 Å². The van der Waals surface area contributed by atoms with Crippen LogP contribution in [0.3, 0.4) is 0 Å². The highest BCUT2D eigenvalue weighted by Gasteiger charge is 2.28. The lowest BCUT2D eigenvalue weighted by atomic mass is 9.96. The molecule has 0 bridgehead atoms. The van der Waals surface area contributed by atoms with Gasteiger partial charge in [0.1, 0.15) is 5.75 Å². The first kappa shape index (κ1) is 13.0. The van der Waals surface area contributed by atoms with Crippen molar-refractivity contribution < 1.29 is 5.11 Å². The van der Waals surface area contributed by atoms with E-state index >= 15 is 0 Å². The third-order valence-electron chi connectivity index (χ3n) is 4.38. The molecule has 1 aliphatic rings. The van der Waals surface area contributed by atoms with Crippen LogP contribution < -0.4 is 4.90 Å². The van der Waals surface area contributed by atoms with Gasteiger partial charge in [0.15, 0.2) is 0 Å². The zero-order valence-corrected chi connectivity index (χ0v) is 12.1. The van der Waals surface area contributed by atoms with Gasteiger partial charge >= 0.3 is 0 Å². The van der Waals surface area contributed by atoms with Gasteiger partial charge in [-0.2, -0.15) is 0 Å². The lowest BCUT2D eigenvalue weighted by molar-refractivity contribution is 0.476. The van der Waals surface area contributed by atoms with Crippen molar-refractivity contribution >= 4 is 11.4 Å². The number of aromatic hydroxyl groups is 1. The van der Waals surface area contributed by atoms with Crippen molar-refractivity contribution in [1.82, 2.24) is 0 Å². The van der Waals surface area contributed by atoms with Crippen molar-refractivity contribution in [2.24, 2.45) is 5.92 Å². The van der Waals surface area contributed by atoms with E-state index in [0.29, 0.717) is 11.7 Å². The summed E-state index contributed by atoms with van der Waals surface area (Å²) in [7, 11) is 1.98. The number of nitrogens with zero attached hydrogens (tertiary/aromatic N) is 1. The molecule has 0 amide bonds.